The van der Waals surface area contributed by atoms with Crippen LogP contribution in [0.1, 0.15) is 0 Å². The quantitative estimate of drug-likeness (QED) is 0.616. The Morgan fingerprint density at radius 2 is 2.00 bits per heavy atom. The van der Waals surface area contributed by atoms with E-state index < -0.39 is 10.1 Å². The fraction of sp³-hybridized carbons (Fsp3) is 0. The second-order valence-corrected chi connectivity index (χ2v) is 4.74. The number of aromatic nitrogens is 1. The molecule has 2 aromatic rings. The third-order valence-corrected chi connectivity index (χ3v) is 3.14. The Morgan fingerprint density at radius 1 is 1.27 bits per heavy atom. The molecule has 0 amide bonds. The molecule has 78 valence electrons. The van der Waals surface area contributed by atoms with Crippen molar-refractivity contribution in [3.05, 3.63) is 35.6 Å². The fourth-order valence-corrected chi connectivity index (χ4v) is 2.00. The van der Waals surface area contributed by atoms with E-state index in [1.165, 1.54) is 18.3 Å². The second kappa shape index (κ2) is 3.44. The molecule has 0 bridgehead atoms. The molecule has 0 aliphatic rings. The minimum absolute atomic E-state index is 0.190. The van der Waals surface area contributed by atoms with Gasteiger partial charge >= 0.3 is 0 Å². The summed E-state index contributed by atoms with van der Waals surface area (Å²) in [6.45, 7) is 0. The van der Waals surface area contributed by atoms with Crippen LogP contribution in [0, 0.1) is 0 Å². The average molecular weight is 244 g/mol. The predicted molar refractivity (Wildman–Crippen MR) is 56.6 cm³/mol. The van der Waals surface area contributed by atoms with Crippen LogP contribution in [0.3, 0.4) is 0 Å². The maximum atomic E-state index is 10.9. The molecule has 0 atom stereocenters. The maximum absolute atomic E-state index is 10.9. The highest BCUT2D eigenvalue weighted by Crippen LogP contribution is 2.23. The first kappa shape index (κ1) is 10.4. The largest absolute Gasteiger partial charge is 0.294 e. The van der Waals surface area contributed by atoms with Crippen molar-refractivity contribution in [1.29, 1.82) is 0 Å². The van der Waals surface area contributed by atoms with Gasteiger partial charge in [-0.25, -0.2) is 4.98 Å². The summed E-state index contributed by atoms with van der Waals surface area (Å²) < 4.78 is 30.6. The van der Waals surface area contributed by atoms with Gasteiger partial charge < -0.3 is 0 Å². The van der Waals surface area contributed by atoms with Gasteiger partial charge in [0.1, 0.15) is 5.15 Å². The van der Waals surface area contributed by atoms with E-state index in [4.69, 9.17) is 16.2 Å². The summed E-state index contributed by atoms with van der Waals surface area (Å²) in [4.78, 5) is 3.63. The molecule has 6 heteroatoms. The van der Waals surface area contributed by atoms with Crippen LogP contribution in [0.15, 0.2) is 35.4 Å². The summed E-state index contributed by atoms with van der Waals surface area (Å²) in [5.74, 6) is 0. The number of rotatable bonds is 1. The summed E-state index contributed by atoms with van der Waals surface area (Å²) in [6, 6.07) is 5.87. The van der Waals surface area contributed by atoms with Crippen LogP contribution >= 0.6 is 11.6 Å². The van der Waals surface area contributed by atoms with Crippen molar-refractivity contribution in [2.45, 2.75) is 4.90 Å². The molecular weight excluding hydrogens is 238 g/mol. The van der Waals surface area contributed by atoms with Crippen LogP contribution in [-0.4, -0.2) is 18.0 Å². The van der Waals surface area contributed by atoms with E-state index in [0.29, 0.717) is 5.39 Å². The first-order valence-electron chi connectivity index (χ1n) is 4.00. The normalized spacial score (nSPS) is 11.9. The van der Waals surface area contributed by atoms with E-state index in [1.807, 2.05) is 0 Å². The number of halogens is 1. The molecule has 0 saturated heterocycles. The van der Waals surface area contributed by atoms with Crippen molar-refractivity contribution in [2.24, 2.45) is 0 Å². The number of hydrogen-bond acceptors (Lipinski definition) is 3. The van der Waals surface area contributed by atoms with Crippen LogP contribution in [0.25, 0.3) is 10.8 Å². The highest BCUT2D eigenvalue weighted by Gasteiger charge is 2.10. The minimum Gasteiger partial charge on any atom is -0.282 e. The number of fused-ring (bicyclic) bond motifs is 1. The maximum Gasteiger partial charge on any atom is 0.294 e. The Bertz CT molecular complexity index is 624. The van der Waals surface area contributed by atoms with Gasteiger partial charge in [0.15, 0.2) is 0 Å². The first-order chi connectivity index (χ1) is 6.98. The summed E-state index contributed by atoms with van der Waals surface area (Å²) >= 11 is 5.79. The monoisotopic (exact) mass is 243 g/mol. The number of hydrogen-bond donors (Lipinski definition) is 1. The lowest BCUT2D eigenvalue weighted by Crippen LogP contribution is -1.97. The Balaban J connectivity index is 2.81. The lowest BCUT2D eigenvalue weighted by atomic mass is 10.2. The third kappa shape index (κ3) is 1.94. The molecule has 0 unspecified atom stereocenters. The molecule has 0 aliphatic heterocycles. The molecule has 0 aliphatic carbocycles. The predicted octanol–water partition coefficient (Wildman–Crippen LogP) is 2.13. The number of pyridine rings is 1. The van der Waals surface area contributed by atoms with Crippen molar-refractivity contribution < 1.29 is 13.0 Å². The Hall–Kier alpha value is -1.17. The summed E-state index contributed by atoms with van der Waals surface area (Å²) in [5, 5.41) is 1.47. The molecule has 0 fully saturated rings. The van der Waals surface area contributed by atoms with Gasteiger partial charge in [0, 0.05) is 11.6 Å². The highest BCUT2D eigenvalue weighted by molar-refractivity contribution is 7.85. The topological polar surface area (TPSA) is 67.3 Å². The molecule has 0 saturated carbocycles. The molecule has 1 aromatic heterocycles. The van der Waals surface area contributed by atoms with E-state index in [2.05, 4.69) is 4.98 Å². The average Bonchev–Trinajstić information content (AvgIpc) is 2.16. The van der Waals surface area contributed by atoms with E-state index in [1.54, 1.807) is 12.1 Å². The van der Waals surface area contributed by atoms with Crippen molar-refractivity contribution >= 4 is 32.5 Å². The first-order valence-corrected chi connectivity index (χ1v) is 5.82. The van der Waals surface area contributed by atoms with Crippen LogP contribution in [-0.2, 0) is 10.1 Å². The van der Waals surface area contributed by atoms with Crippen LogP contribution in [0.2, 0.25) is 5.15 Å². The van der Waals surface area contributed by atoms with Gasteiger partial charge in [0.25, 0.3) is 10.1 Å². The van der Waals surface area contributed by atoms with Crippen molar-refractivity contribution in [3.63, 3.8) is 0 Å². The molecular formula is C9H6ClNO3S. The zero-order chi connectivity index (χ0) is 11.1. The van der Waals surface area contributed by atoms with Gasteiger partial charge in [-0.2, -0.15) is 8.42 Å². The number of nitrogens with zero attached hydrogens (tertiary/aromatic N) is 1. The van der Waals surface area contributed by atoms with Gasteiger partial charge in [-0.15, -0.1) is 0 Å². The molecule has 2 rings (SSSR count). The minimum atomic E-state index is -4.20. The van der Waals surface area contributed by atoms with Gasteiger partial charge in [0.2, 0.25) is 0 Å². The molecule has 4 nitrogen and oxygen atoms in total. The van der Waals surface area contributed by atoms with Crippen molar-refractivity contribution in [3.8, 4) is 0 Å². The van der Waals surface area contributed by atoms with Gasteiger partial charge in [-0.05, 0) is 23.6 Å². The number of benzene rings is 1. The fourth-order valence-electron chi connectivity index (χ4n) is 1.27. The summed E-state index contributed by atoms with van der Waals surface area (Å²) in [5.41, 5.74) is 0. The standard InChI is InChI=1S/C9H6ClNO3S/c10-9-8-5-7(15(12,13)14)2-1-6(8)3-4-11-9/h1-5H,(H,12,13,14). The van der Waals surface area contributed by atoms with Crippen LogP contribution in [0.5, 0.6) is 0 Å². The lowest BCUT2D eigenvalue weighted by Gasteiger charge is -2.01. The molecule has 1 N–H and O–H groups in total. The zero-order valence-corrected chi connectivity index (χ0v) is 8.96. The zero-order valence-electron chi connectivity index (χ0n) is 7.38. The van der Waals surface area contributed by atoms with Crippen molar-refractivity contribution in [2.75, 3.05) is 0 Å². The van der Waals surface area contributed by atoms with E-state index >= 15 is 0 Å². The van der Waals surface area contributed by atoms with Gasteiger partial charge in [-0.3, -0.25) is 4.55 Å². The van der Waals surface area contributed by atoms with Gasteiger partial charge in [0.05, 0.1) is 4.90 Å². The Kier molecular flexibility index (Phi) is 2.38. The lowest BCUT2D eigenvalue weighted by molar-refractivity contribution is 0.483. The van der Waals surface area contributed by atoms with E-state index in [0.717, 1.165) is 5.39 Å². The third-order valence-electron chi connectivity index (χ3n) is 1.99. The Morgan fingerprint density at radius 3 is 2.67 bits per heavy atom. The summed E-state index contributed by atoms with van der Waals surface area (Å²) in [7, 11) is -4.20. The van der Waals surface area contributed by atoms with E-state index in [-0.39, 0.29) is 10.0 Å². The molecule has 0 radical (unpaired) electrons. The smallest absolute Gasteiger partial charge is 0.282 e. The molecule has 1 heterocycles. The Labute approximate surface area is 91.3 Å². The van der Waals surface area contributed by atoms with Crippen molar-refractivity contribution in [1.82, 2.24) is 4.98 Å². The molecule has 15 heavy (non-hydrogen) atoms. The SMILES string of the molecule is O=S(=O)(O)c1ccc2ccnc(Cl)c2c1. The van der Waals surface area contributed by atoms with Gasteiger partial charge in [-0.1, -0.05) is 17.7 Å². The second-order valence-electron chi connectivity index (χ2n) is 2.96. The summed E-state index contributed by atoms with van der Waals surface area (Å²) in [6.07, 6.45) is 1.53. The van der Waals surface area contributed by atoms with Crippen LogP contribution in [0.4, 0.5) is 0 Å². The van der Waals surface area contributed by atoms with E-state index in [9.17, 15) is 8.42 Å². The molecule has 1 aromatic carbocycles. The van der Waals surface area contributed by atoms with Crippen LogP contribution < -0.4 is 0 Å². The molecule has 0 spiro atoms. The highest BCUT2D eigenvalue weighted by atomic mass is 35.5.